The third-order valence-corrected chi connectivity index (χ3v) is 4.32. The number of anilines is 1. The van der Waals surface area contributed by atoms with Crippen LogP contribution in [0.1, 0.15) is 20.3 Å². The van der Waals surface area contributed by atoms with Crippen LogP contribution in [0.5, 0.6) is 0 Å². The van der Waals surface area contributed by atoms with Crippen LogP contribution in [0.2, 0.25) is 10.0 Å². The van der Waals surface area contributed by atoms with Crippen LogP contribution in [0.4, 0.5) is 5.95 Å². The Balaban J connectivity index is 2.17. The van der Waals surface area contributed by atoms with Crippen molar-refractivity contribution in [2.45, 2.75) is 32.9 Å². The van der Waals surface area contributed by atoms with E-state index in [1.807, 2.05) is 10.6 Å². The van der Waals surface area contributed by atoms with Crippen molar-refractivity contribution in [2.75, 3.05) is 19.3 Å². The zero-order valence-electron chi connectivity index (χ0n) is 12.0. The first-order chi connectivity index (χ1) is 9.40. The minimum Gasteiger partial charge on any atom is -0.369 e. The van der Waals surface area contributed by atoms with Crippen LogP contribution in [0.25, 0.3) is 11.0 Å². The second kappa shape index (κ2) is 6.20. The van der Waals surface area contributed by atoms with E-state index in [4.69, 9.17) is 28.9 Å². The number of nitrogens with two attached hydrogens (primary N) is 1. The molecule has 1 heterocycles. The molecule has 0 saturated heterocycles. The summed E-state index contributed by atoms with van der Waals surface area (Å²) in [6, 6.07) is 4.13. The number of rotatable bonds is 5. The molecule has 2 N–H and O–H groups in total. The highest BCUT2D eigenvalue weighted by Crippen LogP contribution is 2.29. The average Bonchev–Trinajstić information content (AvgIpc) is 2.66. The van der Waals surface area contributed by atoms with E-state index >= 15 is 0 Å². The molecule has 0 amide bonds. The van der Waals surface area contributed by atoms with E-state index in [9.17, 15) is 0 Å². The number of benzene rings is 1. The molecule has 2 aromatic rings. The average molecular weight is 315 g/mol. The molecule has 0 saturated carbocycles. The molecule has 20 heavy (non-hydrogen) atoms. The van der Waals surface area contributed by atoms with Gasteiger partial charge in [0.2, 0.25) is 5.95 Å². The van der Waals surface area contributed by atoms with Crippen molar-refractivity contribution in [3.63, 3.8) is 0 Å². The highest BCUT2D eigenvalue weighted by molar-refractivity contribution is 6.42. The maximum atomic E-state index is 6.07. The van der Waals surface area contributed by atoms with Crippen molar-refractivity contribution in [3.8, 4) is 0 Å². The number of nitrogens with zero attached hydrogens (tertiary/aromatic N) is 3. The van der Waals surface area contributed by atoms with Gasteiger partial charge in [-0.3, -0.25) is 0 Å². The lowest BCUT2D eigenvalue weighted by Crippen LogP contribution is -2.28. The first-order valence-corrected chi connectivity index (χ1v) is 7.46. The van der Waals surface area contributed by atoms with E-state index < -0.39 is 0 Å². The van der Waals surface area contributed by atoms with Crippen molar-refractivity contribution in [2.24, 2.45) is 0 Å². The summed E-state index contributed by atoms with van der Waals surface area (Å²) in [6.45, 7) is 6.20. The fourth-order valence-electron chi connectivity index (χ4n) is 2.11. The molecular formula is C14H20Cl2N4. The monoisotopic (exact) mass is 314 g/mol. The minimum atomic E-state index is 0.503. The van der Waals surface area contributed by atoms with Crippen LogP contribution in [0.3, 0.4) is 0 Å². The lowest BCUT2D eigenvalue weighted by molar-refractivity contribution is 0.266. The summed E-state index contributed by atoms with van der Waals surface area (Å²) in [5.41, 5.74) is 7.70. The van der Waals surface area contributed by atoms with E-state index in [2.05, 4.69) is 30.8 Å². The Morgan fingerprint density at radius 2 is 1.95 bits per heavy atom. The zero-order chi connectivity index (χ0) is 14.9. The van der Waals surface area contributed by atoms with Crippen molar-refractivity contribution in [3.05, 3.63) is 22.2 Å². The number of nitrogen functional groups attached to an aromatic ring is 1. The number of imidazole rings is 1. The summed E-state index contributed by atoms with van der Waals surface area (Å²) in [4.78, 5) is 6.64. The molecule has 0 aliphatic carbocycles. The molecule has 0 aliphatic heterocycles. The maximum Gasteiger partial charge on any atom is 0.201 e. The van der Waals surface area contributed by atoms with Gasteiger partial charge in [0.15, 0.2) is 0 Å². The van der Waals surface area contributed by atoms with E-state index in [1.54, 1.807) is 6.07 Å². The van der Waals surface area contributed by atoms with Gasteiger partial charge in [-0.05, 0) is 46.0 Å². The van der Waals surface area contributed by atoms with E-state index in [0.29, 0.717) is 22.0 Å². The summed E-state index contributed by atoms with van der Waals surface area (Å²) in [6.07, 6.45) is 1.00. The molecule has 0 aliphatic rings. The number of halogens is 2. The molecule has 1 aromatic carbocycles. The summed E-state index contributed by atoms with van der Waals surface area (Å²) in [5, 5.41) is 1.03. The molecule has 110 valence electrons. The summed E-state index contributed by atoms with van der Waals surface area (Å²) in [7, 11) is 2.12. The SMILES string of the molecule is CC(C)N(C)CCCn1c(N)nc2cc(Cl)c(Cl)cc21. The van der Waals surface area contributed by atoms with Crippen LogP contribution >= 0.6 is 23.2 Å². The molecule has 0 atom stereocenters. The minimum absolute atomic E-state index is 0.503. The molecule has 0 bridgehead atoms. The Hall–Kier alpha value is -0.970. The quantitative estimate of drug-likeness (QED) is 0.916. The van der Waals surface area contributed by atoms with Crippen LogP contribution in [-0.4, -0.2) is 34.1 Å². The third kappa shape index (κ3) is 3.19. The number of aryl methyl sites for hydroxylation is 1. The normalized spacial score (nSPS) is 11.9. The standard InChI is InChI=1S/C14H20Cl2N4/c1-9(2)19(3)5-4-6-20-13-8-11(16)10(15)7-12(13)18-14(20)17/h7-9H,4-6H2,1-3H3,(H2,17,18). The van der Waals surface area contributed by atoms with Gasteiger partial charge >= 0.3 is 0 Å². The van der Waals surface area contributed by atoms with Gasteiger partial charge in [-0.1, -0.05) is 23.2 Å². The summed E-state index contributed by atoms with van der Waals surface area (Å²) >= 11 is 12.1. The molecular weight excluding hydrogens is 295 g/mol. The molecule has 4 nitrogen and oxygen atoms in total. The molecule has 1 aromatic heterocycles. The number of fused-ring (bicyclic) bond motifs is 1. The lowest BCUT2D eigenvalue weighted by Gasteiger charge is -2.21. The van der Waals surface area contributed by atoms with Crippen molar-refractivity contribution < 1.29 is 0 Å². The fraction of sp³-hybridized carbons (Fsp3) is 0.500. The van der Waals surface area contributed by atoms with E-state index in [1.165, 1.54) is 0 Å². The first kappa shape index (κ1) is 15.4. The largest absolute Gasteiger partial charge is 0.369 e. The maximum absolute atomic E-state index is 6.07. The predicted octanol–water partition coefficient (Wildman–Crippen LogP) is 3.66. The fourth-order valence-corrected chi connectivity index (χ4v) is 2.43. The molecule has 0 unspecified atom stereocenters. The van der Waals surface area contributed by atoms with E-state index in [-0.39, 0.29) is 0 Å². The topological polar surface area (TPSA) is 47.1 Å². The second-order valence-electron chi connectivity index (χ2n) is 5.30. The van der Waals surface area contributed by atoms with Gasteiger partial charge in [-0.25, -0.2) is 4.98 Å². The van der Waals surface area contributed by atoms with Gasteiger partial charge in [0.05, 0.1) is 21.1 Å². The Bertz CT molecular complexity index is 607. The first-order valence-electron chi connectivity index (χ1n) is 6.71. The number of hydrogen-bond donors (Lipinski definition) is 1. The van der Waals surface area contributed by atoms with Crippen molar-refractivity contribution in [1.82, 2.24) is 14.5 Å². The van der Waals surface area contributed by atoms with Gasteiger partial charge < -0.3 is 15.2 Å². The van der Waals surface area contributed by atoms with Crippen LogP contribution < -0.4 is 5.73 Å². The Labute approximate surface area is 129 Å². The third-order valence-electron chi connectivity index (χ3n) is 3.59. The Morgan fingerprint density at radius 1 is 1.30 bits per heavy atom. The van der Waals surface area contributed by atoms with Gasteiger partial charge in [0, 0.05) is 12.6 Å². The molecule has 0 fully saturated rings. The van der Waals surface area contributed by atoms with Gasteiger partial charge in [0.1, 0.15) is 0 Å². The molecule has 6 heteroatoms. The Morgan fingerprint density at radius 3 is 2.60 bits per heavy atom. The highest BCUT2D eigenvalue weighted by Gasteiger charge is 2.11. The van der Waals surface area contributed by atoms with Gasteiger partial charge in [0.25, 0.3) is 0 Å². The summed E-state index contributed by atoms with van der Waals surface area (Å²) in [5.74, 6) is 0.505. The van der Waals surface area contributed by atoms with Crippen LogP contribution in [0, 0.1) is 0 Å². The molecule has 0 spiro atoms. The highest BCUT2D eigenvalue weighted by atomic mass is 35.5. The molecule has 2 rings (SSSR count). The smallest absolute Gasteiger partial charge is 0.201 e. The lowest BCUT2D eigenvalue weighted by atomic mass is 10.3. The summed E-state index contributed by atoms with van der Waals surface area (Å²) < 4.78 is 1.99. The van der Waals surface area contributed by atoms with Crippen LogP contribution in [0.15, 0.2) is 12.1 Å². The predicted molar refractivity (Wildman–Crippen MR) is 86.5 cm³/mol. The van der Waals surface area contributed by atoms with Gasteiger partial charge in [-0.2, -0.15) is 0 Å². The van der Waals surface area contributed by atoms with Crippen molar-refractivity contribution >= 4 is 40.2 Å². The number of aromatic nitrogens is 2. The zero-order valence-corrected chi connectivity index (χ0v) is 13.5. The second-order valence-corrected chi connectivity index (χ2v) is 6.12. The Kier molecular flexibility index (Phi) is 4.78. The van der Waals surface area contributed by atoms with Gasteiger partial charge in [-0.15, -0.1) is 0 Å². The number of hydrogen-bond acceptors (Lipinski definition) is 3. The van der Waals surface area contributed by atoms with E-state index in [0.717, 1.165) is 30.5 Å². The van der Waals surface area contributed by atoms with Crippen molar-refractivity contribution in [1.29, 1.82) is 0 Å². The molecule has 0 radical (unpaired) electrons. The van der Waals surface area contributed by atoms with Crippen LogP contribution in [-0.2, 0) is 6.54 Å².